The van der Waals surface area contributed by atoms with Crippen LogP contribution in [0, 0.1) is 5.92 Å². The molecule has 0 aromatic rings. The van der Waals surface area contributed by atoms with E-state index in [-0.39, 0.29) is 0 Å². The van der Waals surface area contributed by atoms with Crippen molar-refractivity contribution in [2.45, 2.75) is 62.9 Å². The SMILES string of the molecule is NCC1(N2CCCC3CCCCC32)CCCSC1. The highest BCUT2D eigenvalue weighted by Gasteiger charge is 2.44. The Bertz CT molecular complexity index is 274. The fraction of sp³-hybridized carbons (Fsp3) is 1.00. The molecule has 2 aliphatic heterocycles. The lowest BCUT2D eigenvalue weighted by Gasteiger charge is -2.55. The van der Waals surface area contributed by atoms with Gasteiger partial charge in [0, 0.05) is 23.9 Å². The van der Waals surface area contributed by atoms with Gasteiger partial charge in [0.1, 0.15) is 0 Å². The summed E-state index contributed by atoms with van der Waals surface area (Å²) in [4.78, 5) is 2.88. The second-order valence-electron chi connectivity index (χ2n) is 6.53. The van der Waals surface area contributed by atoms with E-state index in [9.17, 15) is 0 Å². The molecule has 0 radical (unpaired) electrons. The normalized spacial score (nSPS) is 42.5. The molecule has 3 unspecified atom stereocenters. The molecule has 0 aromatic heterocycles. The minimum absolute atomic E-state index is 0.351. The fourth-order valence-electron chi connectivity index (χ4n) is 4.56. The van der Waals surface area contributed by atoms with Crippen LogP contribution >= 0.6 is 11.8 Å². The summed E-state index contributed by atoms with van der Waals surface area (Å²) in [6.45, 7) is 2.20. The third-order valence-corrected chi connectivity index (χ3v) is 6.85. The smallest absolute Gasteiger partial charge is 0.0425 e. The number of piperidine rings is 1. The minimum Gasteiger partial charge on any atom is -0.329 e. The summed E-state index contributed by atoms with van der Waals surface area (Å²) in [6, 6.07) is 0.870. The Kier molecular flexibility index (Phi) is 4.21. The van der Waals surface area contributed by atoms with Crippen molar-refractivity contribution >= 4 is 11.8 Å². The average Bonchev–Trinajstić information content (AvgIpc) is 2.47. The van der Waals surface area contributed by atoms with Crippen LogP contribution in [0.5, 0.6) is 0 Å². The first-order chi connectivity index (χ1) is 8.86. The maximum absolute atomic E-state index is 6.24. The van der Waals surface area contributed by atoms with Gasteiger partial charge in [-0.2, -0.15) is 11.8 Å². The van der Waals surface area contributed by atoms with Crippen molar-refractivity contribution in [3.8, 4) is 0 Å². The van der Waals surface area contributed by atoms with E-state index < -0.39 is 0 Å². The van der Waals surface area contributed by atoms with Crippen LogP contribution in [0.25, 0.3) is 0 Å². The van der Waals surface area contributed by atoms with Crippen molar-refractivity contribution in [1.82, 2.24) is 4.90 Å². The molecule has 104 valence electrons. The molecule has 3 rings (SSSR count). The number of nitrogens with two attached hydrogens (primary N) is 1. The van der Waals surface area contributed by atoms with Crippen LogP contribution in [-0.4, -0.2) is 41.1 Å². The van der Waals surface area contributed by atoms with Crippen LogP contribution in [0.15, 0.2) is 0 Å². The molecular weight excluding hydrogens is 240 g/mol. The summed E-state index contributed by atoms with van der Waals surface area (Å²) < 4.78 is 0. The van der Waals surface area contributed by atoms with Gasteiger partial charge in [0.15, 0.2) is 0 Å². The lowest BCUT2D eigenvalue weighted by molar-refractivity contribution is -0.0201. The maximum Gasteiger partial charge on any atom is 0.0425 e. The van der Waals surface area contributed by atoms with Crippen molar-refractivity contribution in [3.63, 3.8) is 0 Å². The van der Waals surface area contributed by atoms with Crippen LogP contribution in [0.3, 0.4) is 0 Å². The second-order valence-corrected chi connectivity index (χ2v) is 7.64. The first-order valence-electron chi connectivity index (χ1n) is 7.90. The Morgan fingerprint density at radius 1 is 1.11 bits per heavy atom. The fourth-order valence-corrected chi connectivity index (χ4v) is 5.86. The van der Waals surface area contributed by atoms with Crippen molar-refractivity contribution < 1.29 is 0 Å². The zero-order valence-electron chi connectivity index (χ0n) is 11.6. The summed E-state index contributed by atoms with van der Waals surface area (Å²) in [5.74, 6) is 3.62. The van der Waals surface area contributed by atoms with Gasteiger partial charge in [-0.1, -0.05) is 12.8 Å². The Balaban J connectivity index is 1.79. The molecule has 2 nitrogen and oxygen atoms in total. The van der Waals surface area contributed by atoms with Crippen molar-refractivity contribution in [3.05, 3.63) is 0 Å². The third kappa shape index (κ3) is 2.34. The van der Waals surface area contributed by atoms with Crippen LogP contribution < -0.4 is 5.73 Å². The van der Waals surface area contributed by atoms with E-state index in [2.05, 4.69) is 16.7 Å². The molecule has 2 saturated heterocycles. The van der Waals surface area contributed by atoms with Gasteiger partial charge in [-0.25, -0.2) is 0 Å². The number of likely N-dealkylation sites (tertiary alicyclic amines) is 1. The lowest BCUT2D eigenvalue weighted by atomic mass is 9.75. The maximum atomic E-state index is 6.24. The highest BCUT2D eigenvalue weighted by atomic mass is 32.2. The Labute approximate surface area is 116 Å². The van der Waals surface area contributed by atoms with E-state index in [1.54, 1.807) is 0 Å². The van der Waals surface area contributed by atoms with Crippen LogP contribution in [0.4, 0.5) is 0 Å². The molecular formula is C15H28N2S. The van der Waals surface area contributed by atoms with E-state index in [1.165, 1.54) is 69.4 Å². The number of hydrogen-bond acceptors (Lipinski definition) is 3. The second kappa shape index (κ2) is 5.72. The largest absolute Gasteiger partial charge is 0.329 e. The number of thioether (sulfide) groups is 1. The van der Waals surface area contributed by atoms with E-state index in [0.29, 0.717) is 5.54 Å². The molecule has 1 aliphatic carbocycles. The molecule has 0 spiro atoms. The van der Waals surface area contributed by atoms with Gasteiger partial charge in [-0.05, 0) is 56.7 Å². The Morgan fingerprint density at radius 2 is 1.94 bits per heavy atom. The van der Waals surface area contributed by atoms with E-state index in [0.717, 1.165) is 18.5 Å². The number of rotatable bonds is 2. The topological polar surface area (TPSA) is 29.3 Å². The van der Waals surface area contributed by atoms with E-state index in [4.69, 9.17) is 5.73 Å². The molecule has 18 heavy (non-hydrogen) atoms. The summed E-state index contributed by atoms with van der Waals surface area (Å²) in [5.41, 5.74) is 6.59. The van der Waals surface area contributed by atoms with Crippen molar-refractivity contribution in [1.29, 1.82) is 0 Å². The first kappa shape index (κ1) is 13.3. The highest BCUT2D eigenvalue weighted by Crippen LogP contribution is 2.42. The quantitative estimate of drug-likeness (QED) is 0.835. The summed E-state index contributed by atoms with van der Waals surface area (Å²) >= 11 is 2.14. The molecule has 3 heteroatoms. The molecule has 2 heterocycles. The molecule has 0 bridgehead atoms. The number of fused-ring (bicyclic) bond motifs is 1. The molecule has 3 aliphatic rings. The van der Waals surface area contributed by atoms with Crippen molar-refractivity contribution in [2.75, 3.05) is 24.6 Å². The predicted octanol–water partition coefficient (Wildman–Crippen LogP) is 2.87. The summed E-state index contributed by atoms with van der Waals surface area (Å²) in [5, 5.41) is 0. The summed E-state index contributed by atoms with van der Waals surface area (Å²) in [6.07, 6.45) is 11.5. The Hall–Kier alpha value is 0.270. The van der Waals surface area contributed by atoms with Crippen molar-refractivity contribution in [2.24, 2.45) is 11.7 Å². The van der Waals surface area contributed by atoms with E-state index in [1.807, 2.05) is 0 Å². The van der Waals surface area contributed by atoms with Gasteiger partial charge >= 0.3 is 0 Å². The summed E-state index contributed by atoms with van der Waals surface area (Å²) in [7, 11) is 0. The highest BCUT2D eigenvalue weighted by molar-refractivity contribution is 7.99. The van der Waals surface area contributed by atoms with Gasteiger partial charge in [-0.15, -0.1) is 0 Å². The van der Waals surface area contributed by atoms with Gasteiger partial charge < -0.3 is 5.73 Å². The van der Waals surface area contributed by atoms with E-state index >= 15 is 0 Å². The average molecular weight is 268 g/mol. The van der Waals surface area contributed by atoms with Crippen LogP contribution in [-0.2, 0) is 0 Å². The van der Waals surface area contributed by atoms with Crippen LogP contribution in [0.2, 0.25) is 0 Å². The standard InChI is InChI=1S/C15H28N2S/c16-11-15(8-4-10-18-12-15)17-9-3-6-13-5-1-2-7-14(13)17/h13-14H,1-12,16H2. The number of nitrogens with zero attached hydrogens (tertiary/aromatic N) is 1. The minimum atomic E-state index is 0.351. The Morgan fingerprint density at radius 3 is 2.72 bits per heavy atom. The molecule has 1 saturated carbocycles. The molecule has 3 fully saturated rings. The third-order valence-electron chi connectivity index (χ3n) is 5.53. The molecule has 0 amide bonds. The zero-order chi connectivity index (χ0) is 12.4. The van der Waals surface area contributed by atoms with Crippen LogP contribution in [0.1, 0.15) is 51.4 Å². The van der Waals surface area contributed by atoms with Gasteiger partial charge in [0.2, 0.25) is 0 Å². The first-order valence-corrected chi connectivity index (χ1v) is 9.06. The molecule has 3 atom stereocenters. The van der Waals surface area contributed by atoms with Gasteiger partial charge in [0.05, 0.1) is 0 Å². The van der Waals surface area contributed by atoms with Gasteiger partial charge in [-0.3, -0.25) is 4.90 Å². The monoisotopic (exact) mass is 268 g/mol. The zero-order valence-corrected chi connectivity index (χ0v) is 12.4. The van der Waals surface area contributed by atoms with Gasteiger partial charge in [0.25, 0.3) is 0 Å². The molecule has 0 aromatic carbocycles. The predicted molar refractivity (Wildman–Crippen MR) is 80.0 cm³/mol. The lowest BCUT2D eigenvalue weighted by Crippen LogP contribution is -2.64. The molecule has 2 N–H and O–H groups in total. The number of hydrogen-bond donors (Lipinski definition) is 1.